The molecule has 5 nitrogen and oxygen atoms in total. The number of carbonyl (C=O) groups is 1. The molecule has 0 aliphatic heterocycles. The first-order valence-electron chi connectivity index (χ1n) is 6.76. The maximum Gasteiger partial charge on any atom is 0.253 e. The quantitative estimate of drug-likeness (QED) is 0.857. The number of amides is 1. The van der Waals surface area contributed by atoms with E-state index in [4.69, 9.17) is 5.73 Å². The molecule has 0 bridgehead atoms. The molecule has 2 atom stereocenters. The molecule has 2 rings (SSSR count). The first-order valence-corrected chi connectivity index (χ1v) is 6.76. The fourth-order valence-electron chi connectivity index (χ4n) is 2.41. The lowest BCUT2D eigenvalue weighted by atomic mass is 9.63. The van der Waals surface area contributed by atoms with Gasteiger partial charge in [0.05, 0.1) is 17.0 Å². The molecule has 1 aliphatic rings. The Morgan fingerprint density at radius 2 is 2.21 bits per heavy atom. The summed E-state index contributed by atoms with van der Waals surface area (Å²) in [7, 11) is 0. The normalized spacial score (nSPS) is 24.7. The lowest BCUT2D eigenvalue weighted by molar-refractivity contribution is 0.0585. The van der Waals surface area contributed by atoms with Gasteiger partial charge in [0.1, 0.15) is 0 Å². The lowest BCUT2D eigenvalue weighted by Gasteiger charge is -2.50. The van der Waals surface area contributed by atoms with Crippen LogP contribution in [0.5, 0.6) is 0 Å². The molecule has 1 aromatic heterocycles. The third-order valence-electron chi connectivity index (χ3n) is 4.22. The van der Waals surface area contributed by atoms with Crippen LogP contribution < -0.4 is 11.1 Å². The summed E-state index contributed by atoms with van der Waals surface area (Å²) in [5.41, 5.74) is 8.05. The third kappa shape index (κ3) is 2.47. The van der Waals surface area contributed by atoms with Crippen LogP contribution in [0.25, 0.3) is 0 Å². The van der Waals surface area contributed by atoms with E-state index in [2.05, 4.69) is 29.4 Å². The fraction of sp³-hybridized carbons (Fsp3) is 0.643. The van der Waals surface area contributed by atoms with Gasteiger partial charge in [-0.05, 0) is 25.8 Å². The monoisotopic (exact) mass is 262 g/mol. The zero-order valence-electron chi connectivity index (χ0n) is 12.0. The van der Waals surface area contributed by atoms with E-state index in [0.29, 0.717) is 12.0 Å². The third-order valence-corrected chi connectivity index (χ3v) is 4.22. The van der Waals surface area contributed by atoms with E-state index in [1.54, 1.807) is 6.07 Å². The Bertz CT molecular complexity index is 498. The van der Waals surface area contributed by atoms with Crippen molar-refractivity contribution in [1.29, 1.82) is 0 Å². The first kappa shape index (κ1) is 13.9. The molecule has 1 aromatic rings. The van der Waals surface area contributed by atoms with Crippen LogP contribution in [0.2, 0.25) is 0 Å². The van der Waals surface area contributed by atoms with Crippen molar-refractivity contribution in [3.05, 3.63) is 23.0 Å². The minimum Gasteiger partial charge on any atom is -0.349 e. The predicted molar refractivity (Wildman–Crippen MR) is 73.8 cm³/mol. The fourth-order valence-corrected chi connectivity index (χ4v) is 2.41. The van der Waals surface area contributed by atoms with Gasteiger partial charge in [-0.25, -0.2) is 0 Å². The van der Waals surface area contributed by atoms with Gasteiger partial charge in [0.2, 0.25) is 0 Å². The van der Waals surface area contributed by atoms with Crippen molar-refractivity contribution in [2.45, 2.75) is 52.6 Å². The topological polar surface area (TPSA) is 80.9 Å². The van der Waals surface area contributed by atoms with Crippen molar-refractivity contribution in [1.82, 2.24) is 15.5 Å². The van der Waals surface area contributed by atoms with Crippen LogP contribution in [0, 0.1) is 12.3 Å². The standard InChI is InChI=1S/C14H22N4O/c1-5-10-9(6-8(2)17-18-10)13(19)16-12-7-11(15)14(12,3)4/h6,11-12H,5,7,15H2,1-4H3,(H,16,19). The second-order valence-electron chi connectivity index (χ2n) is 5.89. The van der Waals surface area contributed by atoms with Crippen molar-refractivity contribution >= 4 is 5.91 Å². The molecule has 0 aromatic carbocycles. The molecule has 3 N–H and O–H groups in total. The van der Waals surface area contributed by atoms with E-state index in [0.717, 1.165) is 17.8 Å². The number of hydrogen-bond donors (Lipinski definition) is 2. The highest BCUT2D eigenvalue weighted by Gasteiger charge is 2.46. The molecule has 1 fully saturated rings. The van der Waals surface area contributed by atoms with Gasteiger partial charge in [0, 0.05) is 17.5 Å². The van der Waals surface area contributed by atoms with Gasteiger partial charge in [0.15, 0.2) is 0 Å². The molecule has 1 heterocycles. The van der Waals surface area contributed by atoms with Crippen molar-refractivity contribution in [3.63, 3.8) is 0 Å². The Kier molecular flexibility index (Phi) is 3.58. The Hall–Kier alpha value is -1.49. The zero-order valence-corrected chi connectivity index (χ0v) is 12.0. The highest BCUT2D eigenvalue weighted by molar-refractivity contribution is 5.95. The summed E-state index contributed by atoms with van der Waals surface area (Å²) in [4.78, 5) is 12.4. The summed E-state index contributed by atoms with van der Waals surface area (Å²) < 4.78 is 0. The van der Waals surface area contributed by atoms with Crippen LogP contribution in [0.1, 0.15) is 48.9 Å². The molecule has 1 saturated carbocycles. The highest BCUT2D eigenvalue weighted by Crippen LogP contribution is 2.39. The zero-order chi connectivity index (χ0) is 14.2. The highest BCUT2D eigenvalue weighted by atomic mass is 16.1. The van der Waals surface area contributed by atoms with Crippen LogP contribution >= 0.6 is 0 Å². The van der Waals surface area contributed by atoms with Gasteiger partial charge >= 0.3 is 0 Å². The minimum atomic E-state index is -0.0696. The number of hydrogen-bond acceptors (Lipinski definition) is 4. The maximum atomic E-state index is 12.4. The number of carbonyl (C=O) groups excluding carboxylic acids is 1. The number of nitrogens with one attached hydrogen (secondary N) is 1. The van der Waals surface area contributed by atoms with Gasteiger partial charge in [-0.15, -0.1) is 0 Å². The van der Waals surface area contributed by atoms with Crippen LogP contribution in [0.3, 0.4) is 0 Å². The number of rotatable bonds is 3. The van der Waals surface area contributed by atoms with Crippen molar-refractivity contribution in [2.24, 2.45) is 11.1 Å². The lowest BCUT2D eigenvalue weighted by Crippen LogP contribution is -2.64. The summed E-state index contributed by atoms with van der Waals surface area (Å²) in [5.74, 6) is -0.0696. The van der Waals surface area contributed by atoms with E-state index in [1.807, 2.05) is 13.8 Å². The van der Waals surface area contributed by atoms with E-state index >= 15 is 0 Å². The minimum absolute atomic E-state index is 0.0441. The molecule has 5 heteroatoms. The summed E-state index contributed by atoms with van der Waals surface area (Å²) >= 11 is 0. The molecule has 104 valence electrons. The van der Waals surface area contributed by atoms with Crippen LogP contribution in [0.15, 0.2) is 6.07 Å². The Morgan fingerprint density at radius 1 is 1.53 bits per heavy atom. The number of nitrogens with two attached hydrogens (primary N) is 1. The van der Waals surface area contributed by atoms with E-state index in [1.165, 1.54) is 0 Å². The summed E-state index contributed by atoms with van der Waals surface area (Å²) in [6.07, 6.45) is 1.53. The average molecular weight is 262 g/mol. The number of aromatic nitrogens is 2. The van der Waals surface area contributed by atoms with Crippen molar-refractivity contribution in [3.8, 4) is 0 Å². The summed E-state index contributed by atoms with van der Waals surface area (Å²) in [6.45, 7) is 7.98. The summed E-state index contributed by atoms with van der Waals surface area (Å²) in [5, 5.41) is 11.2. The first-order chi connectivity index (χ1) is 8.86. The molecular formula is C14H22N4O. The van der Waals surface area contributed by atoms with Gasteiger partial charge in [-0.2, -0.15) is 10.2 Å². The van der Waals surface area contributed by atoms with Crippen LogP contribution in [-0.2, 0) is 6.42 Å². The van der Waals surface area contributed by atoms with Gasteiger partial charge < -0.3 is 11.1 Å². The molecular weight excluding hydrogens is 240 g/mol. The predicted octanol–water partition coefficient (Wildman–Crippen LogP) is 1.20. The van der Waals surface area contributed by atoms with Crippen LogP contribution in [-0.4, -0.2) is 28.2 Å². The van der Waals surface area contributed by atoms with E-state index < -0.39 is 0 Å². The number of aryl methyl sites for hydroxylation is 2. The van der Waals surface area contributed by atoms with E-state index in [9.17, 15) is 4.79 Å². The SMILES string of the molecule is CCc1nnc(C)cc1C(=O)NC1CC(N)C1(C)C. The van der Waals surface area contributed by atoms with Gasteiger partial charge in [0.25, 0.3) is 5.91 Å². The van der Waals surface area contributed by atoms with Crippen molar-refractivity contribution < 1.29 is 4.79 Å². The molecule has 1 aliphatic carbocycles. The Morgan fingerprint density at radius 3 is 2.74 bits per heavy atom. The van der Waals surface area contributed by atoms with Gasteiger partial charge in [-0.1, -0.05) is 20.8 Å². The smallest absolute Gasteiger partial charge is 0.253 e. The van der Waals surface area contributed by atoms with Crippen LogP contribution in [0.4, 0.5) is 0 Å². The Balaban J connectivity index is 2.15. The van der Waals surface area contributed by atoms with E-state index in [-0.39, 0.29) is 23.4 Å². The molecule has 19 heavy (non-hydrogen) atoms. The molecule has 2 unspecified atom stereocenters. The Labute approximate surface area is 114 Å². The molecule has 1 amide bonds. The molecule has 0 radical (unpaired) electrons. The molecule has 0 spiro atoms. The van der Waals surface area contributed by atoms with Crippen molar-refractivity contribution in [2.75, 3.05) is 0 Å². The second-order valence-corrected chi connectivity index (χ2v) is 5.89. The second kappa shape index (κ2) is 4.89. The molecule has 0 saturated heterocycles. The number of nitrogens with zero attached hydrogens (tertiary/aromatic N) is 2. The maximum absolute atomic E-state index is 12.4. The average Bonchev–Trinajstić information content (AvgIpc) is 2.38. The van der Waals surface area contributed by atoms with Gasteiger partial charge in [-0.3, -0.25) is 4.79 Å². The summed E-state index contributed by atoms with van der Waals surface area (Å²) in [6, 6.07) is 2.08. The largest absolute Gasteiger partial charge is 0.349 e.